The van der Waals surface area contributed by atoms with Crippen molar-refractivity contribution in [1.29, 1.82) is 0 Å². The first kappa shape index (κ1) is 20.1. The van der Waals surface area contributed by atoms with Crippen LogP contribution in [0.2, 0.25) is 0 Å². The topological polar surface area (TPSA) is 39.7 Å². The van der Waals surface area contributed by atoms with Gasteiger partial charge in [-0.25, -0.2) is 0 Å². The van der Waals surface area contributed by atoms with Crippen LogP contribution in [0.25, 0.3) is 0 Å². The van der Waals surface area contributed by atoms with E-state index >= 15 is 0 Å². The largest absolute Gasteiger partial charge is 0.493 e. The summed E-state index contributed by atoms with van der Waals surface area (Å²) in [7, 11) is 3.30. The Hall–Kier alpha value is -1.24. The Morgan fingerprint density at radius 3 is 2.20 bits per heavy atom. The lowest BCUT2D eigenvalue weighted by Crippen LogP contribution is -2.16. The second kappa shape index (κ2) is 10.0. The van der Waals surface area contributed by atoms with Gasteiger partial charge < -0.3 is 19.5 Å². The highest BCUT2D eigenvalue weighted by atomic mass is 79.9. The third-order valence-electron chi connectivity index (χ3n) is 3.71. The molecule has 0 aliphatic rings. The molecule has 0 saturated heterocycles. The summed E-state index contributed by atoms with van der Waals surface area (Å²) in [5.41, 5.74) is 2.40. The number of ether oxygens (including phenoxy) is 3. The van der Waals surface area contributed by atoms with Crippen LogP contribution in [0.1, 0.15) is 18.1 Å². The van der Waals surface area contributed by atoms with Gasteiger partial charge in [0.25, 0.3) is 0 Å². The summed E-state index contributed by atoms with van der Waals surface area (Å²) in [5, 5.41) is 3.47. The van der Waals surface area contributed by atoms with Gasteiger partial charge in [0.15, 0.2) is 11.5 Å². The summed E-state index contributed by atoms with van der Waals surface area (Å²) in [6.45, 7) is 4.28. The van der Waals surface area contributed by atoms with Gasteiger partial charge in [0, 0.05) is 6.54 Å². The molecular formula is C19H23Br2NO3. The van der Waals surface area contributed by atoms with Gasteiger partial charge in [-0.15, -0.1) is 0 Å². The van der Waals surface area contributed by atoms with Crippen LogP contribution in [0.3, 0.4) is 0 Å². The third-order valence-corrected chi connectivity index (χ3v) is 4.89. The molecule has 2 rings (SSSR count). The summed E-state index contributed by atoms with van der Waals surface area (Å²) < 4.78 is 18.1. The van der Waals surface area contributed by atoms with E-state index in [1.807, 2.05) is 19.1 Å². The van der Waals surface area contributed by atoms with Crippen LogP contribution in [0.15, 0.2) is 39.3 Å². The van der Waals surface area contributed by atoms with Crippen LogP contribution in [0, 0.1) is 0 Å². The van der Waals surface area contributed by atoms with Crippen molar-refractivity contribution in [3.8, 4) is 17.2 Å². The fourth-order valence-corrected chi connectivity index (χ4v) is 4.01. The summed E-state index contributed by atoms with van der Waals surface area (Å²) in [6, 6.07) is 10.2. The molecule has 0 fully saturated rings. The van der Waals surface area contributed by atoms with Crippen molar-refractivity contribution in [2.45, 2.75) is 19.9 Å². The third kappa shape index (κ3) is 5.62. The maximum Gasteiger partial charge on any atom is 0.160 e. The Balaban J connectivity index is 1.89. The number of nitrogens with one attached hydrogen (secondary N) is 1. The van der Waals surface area contributed by atoms with Crippen LogP contribution in [-0.2, 0) is 13.0 Å². The van der Waals surface area contributed by atoms with E-state index in [-0.39, 0.29) is 0 Å². The van der Waals surface area contributed by atoms with E-state index in [9.17, 15) is 0 Å². The van der Waals surface area contributed by atoms with Crippen LogP contribution < -0.4 is 19.5 Å². The molecule has 0 atom stereocenters. The number of hydrogen-bond acceptors (Lipinski definition) is 4. The van der Waals surface area contributed by atoms with Gasteiger partial charge in [0.05, 0.1) is 29.8 Å². The first-order valence-corrected chi connectivity index (χ1v) is 9.70. The molecule has 0 radical (unpaired) electrons. The SMILES string of the molecule is CCOc1c(Br)cc(CNCCc2ccc(OC)c(OC)c2)cc1Br. The maximum atomic E-state index is 5.61. The molecule has 0 unspecified atom stereocenters. The highest BCUT2D eigenvalue weighted by Gasteiger charge is 2.09. The number of methoxy groups -OCH3 is 2. The minimum absolute atomic E-state index is 0.639. The lowest BCUT2D eigenvalue weighted by Gasteiger charge is -2.12. The Morgan fingerprint density at radius 1 is 0.920 bits per heavy atom. The molecule has 2 aromatic rings. The van der Waals surface area contributed by atoms with Gasteiger partial charge in [0.2, 0.25) is 0 Å². The van der Waals surface area contributed by atoms with Gasteiger partial charge in [-0.05, 0) is 87.1 Å². The first-order chi connectivity index (χ1) is 12.1. The van der Waals surface area contributed by atoms with E-state index in [2.05, 4.69) is 55.4 Å². The van der Waals surface area contributed by atoms with Gasteiger partial charge in [-0.3, -0.25) is 0 Å². The highest BCUT2D eigenvalue weighted by molar-refractivity contribution is 9.11. The van der Waals surface area contributed by atoms with Crippen molar-refractivity contribution in [2.24, 2.45) is 0 Å². The van der Waals surface area contributed by atoms with E-state index in [0.29, 0.717) is 6.61 Å². The standard InChI is InChI=1S/C19H23Br2NO3/c1-4-25-19-15(20)9-14(10-16(19)21)12-22-8-7-13-5-6-17(23-2)18(11-13)24-3/h5-6,9-11,22H,4,7-8,12H2,1-3H3. The fraction of sp³-hybridized carbons (Fsp3) is 0.368. The summed E-state index contributed by atoms with van der Waals surface area (Å²) in [6.07, 6.45) is 0.916. The Bertz CT molecular complexity index is 684. The average molecular weight is 473 g/mol. The number of rotatable bonds is 9. The van der Waals surface area contributed by atoms with Crippen molar-refractivity contribution < 1.29 is 14.2 Å². The quantitative estimate of drug-likeness (QED) is 0.523. The van der Waals surface area contributed by atoms with E-state index < -0.39 is 0 Å². The Morgan fingerprint density at radius 2 is 1.60 bits per heavy atom. The van der Waals surface area contributed by atoms with Crippen molar-refractivity contribution in [2.75, 3.05) is 27.4 Å². The van der Waals surface area contributed by atoms with Gasteiger partial charge in [-0.1, -0.05) is 6.07 Å². The first-order valence-electron chi connectivity index (χ1n) is 8.11. The molecule has 136 valence electrons. The molecule has 2 aromatic carbocycles. The predicted molar refractivity (Wildman–Crippen MR) is 108 cm³/mol. The van der Waals surface area contributed by atoms with E-state index in [0.717, 1.165) is 45.7 Å². The fourth-order valence-electron chi connectivity index (χ4n) is 2.50. The van der Waals surface area contributed by atoms with E-state index in [1.54, 1.807) is 14.2 Å². The summed E-state index contributed by atoms with van der Waals surface area (Å²) >= 11 is 7.13. The van der Waals surface area contributed by atoms with Crippen molar-refractivity contribution >= 4 is 31.9 Å². The minimum atomic E-state index is 0.639. The second-order valence-corrected chi connectivity index (χ2v) is 7.15. The van der Waals surface area contributed by atoms with Crippen molar-refractivity contribution in [3.05, 3.63) is 50.4 Å². The molecule has 4 nitrogen and oxygen atoms in total. The van der Waals surface area contributed by atoms with Crippen molar-refractivity contribution in [1.82, 2.24) is 5.32 Å². The Kier molecular flexibility index (Phi) is 8.06. The molecule has 0 heterocycles. The van der Waals surface area contributed by atoms with Gasteiger partial charge >= 0.3 is 0 Å². The normalized spacial score (nSPS) is 10.6. The minimum Gasteiger partial charge on any atom is -0.493 e. The average Bonchev–Trinajstić information content (AvgIpc) is 2.61. The molecule has 1 N–H and O–H groups in total. The molecule has 0 bridgehead atoms. The molecule has 0 saturated carbocycles. The summed E-state index contributed by atoms with van der Waals surface area (Å²) in [5.74, 6) is 2.36. The molecule has 0 aliphatic heterocycles. The highest BCUT2D eigenvalue weighted by Crippen LogP contribution is 2.34. The molecule has 0 aromatic heterocycles. The lowest BCUT2D eigenvalue weighted by atomic mass is 10.1. The molecule has 0 amide bonds. The predicted octanol–water partition coefficient (Wildman–Crippen LogP) is 4.96. The van der Waals surface area contributed by atoms with Crippen LogP contribution in [0.5, 0.6) is 17.2 Å². The number of benzene rings is 2. The zero-order valence-corrected chi connectivity index (χ0v) is 17.9. The Labute approximate surface area is 166 Å². The van der Waals surface area contributed by atoms with Crippen LogP contribution >= 0.6 is 31.9 Å². The molecule has 6 heteroatoms. The zero-order chi connectivity index (χ0) is 18.2. The zero-order valence-electron chi connectivity index (χ0n) is 14.7. The van der Waals surface area contributed by atoms with E-state index in [4.69, 9.17) is 14.2 Å². The monoisotopic (exact) mass is 471 g/mol. The van der Waals surface area contributed by atoms with E-state index in [1.165, 1.54) is 11.1 Å². The smallest absolute Gasteiger partial charge is 0.160 e. The number of hydrogen-bond donors (Lipinski definition) is 1. The van der Waals surface area contributed by atoms with Gasteiger partial charge in [0.1, 0.15) is 5.75 Å². The van der Waals surface area contributed by atoms with Crippen LogP contribution in [0.4, 0.5) is 0 Å². The second-order valence-electron chi connectivity index (χ2n) is 5.44. The van der Waals surface area contributed by atoms with Crippen molar-refractivity contribution in [3.63, 3.8) is 0 Å². The molecule has 25 heavy (non-hydrogen) atoms. The van der Waals surface area contributed by atoms with Crippen LogP contribution in [-0.4, -0.2) is 27.4 Å². The molecule has 0 spiro atoms. The lowest BCUT2D eigenvalue weighted by molar-refractivity contribution is 0.336. The van der Waals surface area contributed by atoms with Gasteiger partial charge in [-0.2, -0.15) is 0 Å². The summed E-state index contributed by atoms with van der Waals surface area (Å²) in [4.78, 5) is 0. The molecular weight excluding hydrogens is 450 g/mol. The molecule has 0 aliphatic carbocycles. The number of halogens is 2. The maximum absolute atomic E-state index is 5.61.